The summed E-state index contributed by atoms with van der Waals surface area (Å²) in [5, 5.41) is 12.0. The molecule has 132 valence electrons. The zero-order chi connectivity index (χ0) is 18.4. The van der Waals surface area contributed by atoms with Gasteiger partial charge in [0.15, 0.2) is 0 Å². The number of aryl methyl sites for hydroxylation is 1. The van der Waals surface area contributed by atoms with Gasteiger partial charge in [-0.1, -0.05) is 43.3 Å². The van der Waals surface area contributed by atoms with E-state index in [1.807, 2.05) is 30.3 Å². The quantitative estimate of drug-likeness (QED) is 0.805. The molecule has 2 atom stereocenters. The van der Waals surface area contributed by atoms with Gasteiger partial charge in [-0.05, 0) is 25.0 Å². The Bertz CT molecular complexity index is 799. The standard InChI is InChI=1S/C19H22N2O4/c1-3-16(21-11-7-8-13(2)18(21)23)17(22)20-15(19(24)25)12-14-9-5-4-6-10-14/h4-11,15-16H,3,12H2,1-2H3,(H,20,22)(H,24,25). The number of carboxylic acid groups (broad SMARTS) is 1. The summed E-state index contributed by atoms with van der Waals surface area (Å²) in [5.74, 6) is -1.58. The molecule has 1 aromatic carbocycles. The molecule has 0 aliphatic carbocycles. The summed E-state index contributed by atoms with van der Waals surface area (Å²) in [7, 11) is 0. The van der Waals surface area contributed by atoms with Crippen LogP contribution in [0.5, 0.6) is 0 Å². The number of aliphatic carboxylic acids is 1. The number of aromatic nitrogens is 1. The summed E-state index contributed by atoms with van der Waals surface area (Å²) in [4.78, 5) is 36.4. The van der Waals surface area contributed by atoms with Gasteiger partial charge in [-0.15, -0.1) is 0 Å². The summed E-state index contributed by atoms with van der Waals surface area (Å²) < 4.78 is 1.35. The van der Waals surface area contributed by atoms with Crippen LogP contribution in [-0.4, -0.2) is 27.6 Å². The minimum absolute atomic E-state index is 0.182. The maximum absolute atomic E-state index is 12.6. The molecule has 0 aliphatic rings. The predicted octanol–water partition coefficient (Wildman–Crippen LogP) is 1.92. The molecule has 0 saturated heterocycles. The molecule has 1 aromatic heterocycles. The predicted molar refractivity (Wildman–Crippen MR) is 94.5 cm³/mol. The minimum Gasteiger partial charge on any atom is -0.480 e. The highest BCUT2D eigenvalue weighted by Crippen LogP contribution is 2.11. The van der Waals surface area contributed by atoms with Crippen LogP contribution in [0.4, 0.5) is 0 Å². The molecule has 0 saturated carbocycles. The topological polar surface area (TPSA) is 88.4 Å². The van der Waals surface area contributed by atoms with Crippen molar-refractivity contribution in [3.63, 3.8) is 0 Å². The average molecular weight is 342 g/mol. The summed E-state index contributed by atoms with van der Waals surface area (Å²) in [6.07, 6.45) is 2.12. The molecule has 0 spiro atoms. The summed E-state index contributed by atoms with van der Waals surface area (Å²) in [5.41, 5.74) is 1.10. The minimum atomic E-state index is -1.11. The van der Waals surface area contributed by atoms with Crippen LogP contribution in [0.2, 0.25) is 0 Å². The lowest BCUT2D eigenvalue weighted by Gasteiger charge is -2.21. The number of nitrogens with one attached hydrogen (secondary N) is 1. The van der Waals surface area contributed by atoms with Crippen LogP contribution in [-0.2, 0) is 16.0 Å². The largest absolute Gasteiger partial charge is 0.480 e. The highest BCUT2D eigenvalue weighted by Gasteiger charge is 2.26. The highest BCUT2D eigenvalue weighted by molar-refractivity contribution is 5.86. The number of hydrogen-bond donors (Lipinski definition) is 2. The van der Waals surface area contributed by atoms with Crippen LogP contribution in [0, 0.1) is 6.92 Å². The highest BCUT2D eigenvalue weighted by atomic mass is 16.4. The molecule has 0 radical (unpaired) electrons. The lowest BCUT2D eigenvalue weighted by molar-refractivity contribution is -0.142. The van der Waals surface area contributed by atoms with Crippen molar-refractivity contribution in [2.75, 3.05) is 0 Å². The molecule has 25 heavy (non-hydrogen) atoms. The van der Waals surface area contributed by atoms with E-state index in [1.165, 1.54) is 4.57 Å². The van der Waals surface area contributed by atoms with Gasteiger partial charge in [-0.3, -0.25) is 9.59 Å². The van der Waals surface area contributed by atoms with Gasteiger partial charge in [-0.25, -0.2) is 4.79 Å². The Morgan fingerprint density at radius 2 is 1.84 bits per heavy atom. The lowest BCUT2D eigenvalue weighted by atomic mass is 10.1. The third kappa shape index (κ3) is 4.56. The van der Waals surface area contributed by atoms with E-state index < -0.39 is 24.0 Å². The van der Waals surface area contributed by atoms with Crippen LogP contribution in [0.15, 0.2) is 53.5 Å². The van der Waals surface area contributed by atoms with E-state index in [0.29, 0.717) is 12.0 Å². The zero-order valence-corrected chi connectivity index (χ0v) is 14.3. The monoisotopic (exact) mass is 342 g/mol. The molecule has 6 nitrogen and oxygen atoms in total. The van der Waals surface area contributed by atoms with Crippen LogP contribution >= 0.6 is 0 Å². The van der Waals surface area contributed by atoms with Crippen molar-refractivity contribution >= 4 is 11.9 Å². The van der Waals surface area contributed by atoms with Crippen molar-refractivity contribution in [1.82, 2.24) is 9.88 Å². The number of carboxylic acids is 1. The van der Waals surface area contributed by atoms with Gasteiger partial charge in [0.25, 0.3) is 5.56 Å². The fourth-order valence-electron chi connectivity index (χ4n) is 2.69. The molecular formula is C19H22N2O4. The SMILES string of the molecule is CCC(C(=O)NC(Cc1ccccc1)C(=O)O)n1cccc(C)c1=O. The molecule has 1 heterocycles. The van der Waals surface area contributed by atoms with Gasteiger partial charge in [0, 0.05) is 18.2 Å². The molecule has 2 N–H and O–H groups in total. The van der Waals surface area contributed by atoms with E-state index >= 15 is 0 Å². The molecule has 2 aromatic rings. The average Bonchev–Trinajstić information content (AvgIpc) is 2.59. The van der Waals surface area contributed by atoms with E-state index in [4.69, 9.17) is 0 Å². The van der Waals surface area contributed by atoms with Crippen LogP contribution < -0.4 is 10.9 Å². The first kappa shape index (κ1) is 18.4. The number of benzene rings is 1. The van der Waals surface area contributed by atoms with Crippen molar-refractivity contribution in [1.29, 1.82) is 0 Å². The Morgan fingerprint density at radius 3 is 2.44 bits per heavy atom. The van der Waals surface area contributed by atoms with E-state index in [9.17, 15) is 19.5 Å². The number of carbonyl (C=O) groups excluding carboxylic acids is 1. The van der Waals surface area contributed by atoms with Crippen molar-refractivity contribution in [3.8, 4) is 0 Å². The van der Waals surface area contributed by atoms with Crippen LogP contribution in [0.3, 0.4) is 0 Å². The second kappa shape index (κ2) is 8.28. The van der Waals surface area contributed by atoms with E-state index in [2.05, 4.69) is 5.32 Å². The smallest absolute Gasteiger partial charge is 0.326 e. The van der Waals surface area contributed by atoms with Crippen LogP contribution in [0.1, 0.15) is 30.5 Å². The number of hydrogen-bond acceptors (Lipinski definition) is 3. The molecule has 0 bridgehead atoms. The van der Waals surface area contributed by atoms with Gasteiger partial charge >= 0.3 is 5.97 Å². The van der Waals surface area contributed by atoms with Gasteiger partial charge in [-0.2, -0.15) is 0 Å². The van der Waals surface area contributed by atoms with E-state index in [-0.39, 0.29) is 12.0 Å². The first-order chi connectivity index (χ1) is 11.9. The summed E-state index contributed by atoms with van der Waals surface area (Å²) >= 11 is 0. The van der Waals surface area contributed by atoms with Crippen molar-refractivity contribution in [3.05, 3.63) is 70.1 Å². The first-order valence-electron chi connectivity index (χ1n) is 8.19. The normalized spacial score (nSPS) is 13.0. The molecule has 0 aliphatic heterocycles. The Balaban J connectivity index is 2.20. The Labute approximate surface area is 146 Å². The number of pyridine rings is 1. The number of nitrogens with zero attached hydrogens (tertiary/aromatic N) is 1. The van der Waals surface area contributed by atoms with Gasteiger partial charge in [0.2, 0.25) is 5.91 Å². The number of rotatable bonds is 7. The van der Waals surface area contributed by atoms with Crippen LogP contribution in [0.25, 0.3) is 0 Å². The maximum atomic E-state index is 12.6. The zero-order valence-electron chi connectivity index (χ0n) is 14.3. The van der Waals surface area contributed by atoms with Crippen molar-refractivity contribution in [2.45, 2.75) is 38.8 Å². The van der Waals surface area contributed by atoms with E-state index in [0.717, 1.165) is 5.56 Å². The Morgan fingerprint density at radius 1 is 1.16 bits per heavy atom. The summed E-state index contributed by atoms with van der Waals surface area (Å²) in [6.45, 7) is 3.46. The number of amides is 1. The third-order valence-electron chi connectivity index (χ3n) is 4.09. The molecule has 2 rings (SSSR count). The fraction of sp³-hybridized carbons (Fsp3) is 0.316. The molecule has 0 fully saturated rings. The van der Waals surface area contributed by atoms with E-state index in [1.54, 1.807) is 32.2 Å². The van der Waals surface area contributed by atoms with Crippen molar-refractivity contribution in [2.24, 2.45) is 0 Å². The molecule has 1 amide bonds. The third-order valence-corrected chi connectivity index (χ3v) is 4.09. The lowest BCUT2D eigenvalue weighted by Crippen LogP contribution is -2.46. The fourth-order valence-corrected chi connectivity index (χ4v) is 2.69. The maximum Gasteiger partial charge on any atom is 0.326 e. The van der Waals surface area contributed by atoms with Gasteiger partial charge in [0.05, 0.1) is 0 Å². The summed E-state index contributed by atoms with van der Waals surface area (Å²) in [6, 6.07) is 10.7. The number of carbonyl (C=O) groups is 2. The first-order valence-corrected chi connectivity index (χ1v) is 8.19. The Hall–Kier alpha value is -2.89. The Kier molecular flexibility index (Phi) is 6.11. The van der Waals surface area contributed by atoms with Gasteiger partial charge in [0.1, 0.15) is 12.1 Å². The second-order valence-electron chi connectivity index (χ2n) is 5.92. The molecule has 6 heteroatoms. The van der Waals surface area contributed by atoms with Crippen molar-refractivity contribution < 1.29 is 14.7 Å². The second-order valence-corrected chi connectivity index (χ2v) is 5.92. The molecule has 2 unspecified atom stereocenters. The molecular weight excluding hydrogens is 320 g/mol. The van der Waals surface area contributed by atoms with Gasteiger partial charge < -0.3 is 15.0 Å².